The van der Waals surface area contributed by atoms with Gasteiger partial charge in [-0.1, -0.05) is 6.92 Å². The van der Waals surface area contributed by atoms with Gasteiger partial charge in [0.25, 0.3) is 0 Å². The maximum absolute atomic E-state index is 6.08. The Hall–Kier alpha value is -0.910. The first-order valence-corrected chi connectivity index (χ1v) is 6.63. The SMILES string of the molecule is CCc1cc(COC2(CN)CCOCC2)n(C)n1. The predicted molar refractivity (Wildman–Crippen MR) is 69.2 cm³/mol. The Bertz CT molecular complexity index is 384. The summed E-state index contributed by atoms with van der Waals surface area (Å²) in [4.78, 5) is 0. The maximum Gasteiger partial charge on any atom is 0.0892 e. The first-order valence-electron chi connectivity index (χ1n) is 6.63. The molecule has 2 rings (SSSR count). The molecule has 1 aromatic rings. The smallest absolute Gasteiger partial charge is 0.0892 e. The van der Waals surface area contributed by atoms with Gasteiger partial charge in [0, 0.05) is 39.6 Å². The molecule has 0 amide bonds. The zero-order chi connectivity index (χ0) is 13.0. The van der Waals surface area contributed by atoms with Crippen LogP contribution in [0.1, 0.15) is 31.2 Å². The molecule has 0 aliphatic carbocycles. The summed E-state index contributed by atoms with van der Waals surface area (Å²) in [5, 5.41) is 4.42. The molecule has 18 heavy (non-hydrogen) atoms. The summed E-state index contributed by atoms with van der Waals surface area (Å²) in [5.41, 5.74) is 7.86. The van der Waals surface area contributed by atoms with Crippen LogP contribution >= 0.6 is 0 Å². The van der Waals surface area contributed by atoms with Gasteiger partial charge >= 0.3 is 0 Å². The van der Waals surface area contributed by atoms with E-state index >= 15 is 0 Å². The molecule has 0 unspecified atom stereocenters. The van der Waals surface area contributed by atoms with E-state index in [1.54, 1.807) is 0 Å². The summed E-state index contributed by atoms with van der Waals surface area (Å²) in [6.45, 7) is 4.70. The van der Waals surface area contributed by atoms with E-state index in [1.165, 1.54) is 0 Å². The highest BCUT2D eigenvalue weighted by molar-refractivity contribution is 5.09. The van der Waals surface area contributed by atoms with Gasteiger partial charge in [0.1, 0.15) is 0 Å². The van der Waals surface area contributed by atoms with Gasteiger partial charge in [0.05, 0.1) is 23.6 Å². The molecule has 0 radical (unpaired) electrons. The highest BCUT2D eigenvalue weighted by atomic mass is 16.5. The predicted octanol–water partition coefficient (Wildman–Crippen LogP) is 1.01. The van der Waals surface area contributed by atoms with Gasteiger partial charge in [-0.15, -0.1) is 0 Å². The molecule has 5 heteroatoms. The fraction of sp³-hybridized carbons (Fsp3) is 0.769. The topological polar surface area (TPSA) is 62.3 Å². The molecule has 0 aromatic carbocycles. The zero-order valence-electron chi connectivity index (χ0n) is 11.3. The lowest BCUT2D eigenvalue weighted by Crippen LogP contribution is -2.45. The number of nitrogens with zero attached hydrogens (tertiary/aromatic N) is 2. The molecule has 0 spiro atoms. The van der Waals surface area contributed by atoms with Crippen LogP contribution in [-0.2, 0) is 29.5 Å². The van der Waals surface area contributed by atoms with Crippen LogP contribution in [0.3, 0.4) is 0 Å². The third-order valence-electron chi connectivity index (χ3n) is 3.69. The van der Waals surface area contributed by atoms with Crippen molar-refractivity contribution in [2.75, 3.05) is 19.8 Å². The van der Waals surface area contributed by atoms with Crippen molar-refractivity contribution in [3.63, 3.8) is 0 Å². The fourth-order valence-corrected chi connectivity index (χ4v) is 2.26. The third-order valence-corrected chi connectivity index (χ3v) is 3.69. The molecule has 2 N–H and O–H groups in total. The van der Waals surface area contributed by atoms with Gasteiger partial charge in [-0.05, 0) is 12.5 Å². The summed E-state index contributed by atoms with van der Waals surface area (Å²) >= 11 is 0. The Kier molecular flexibility index (Phi) is 4.37. The Morgan fingerprint density at radius 1 is 1.50 bits per heavy atom. The normalized spacial score (nSPS) is 19.1. The second kappa shape index (κ2) is 5.82. The lowest BCUT2D eigenvalue weighted by atomic mass is 9.94. The summed E-state index contributed by atoms with van der Waals surface area (Å²) in [7, 11) is 1.96. The maximum atomic E-state index is 6.08. The van der Waals surface area contributed by atoms with Crippen molar-refractivity contribution in [1.82, 2.24) is 9.78 Å². The molecule has 102 valence electrons. The molecular formula is C13H23N3O2. The second-order valence-corrected chi connectivity index (χ2v) is 4.89. The molecule has 0 atom stereocenters. The Morgan fingerprint density at radius 3 is 2.78 bits per heavy atom. The van der Waals surface area contributed by atoms with Crippen molar-refractivity contribution in [3.8, 4) is 0 Å². The van der Waals surface area contributed by atoms with Crippen LogP contribution in [0.2, 0.25) is 0 Å². The first kappa shape index (κ1) is 13.5. The lowest BCUT2D eigenvalue weighted by Gasteiger charge is -2.36. The van der Waals surface area contributed by atoms with E-state index in [0.29, 0.717) is 13.2 Å². The highest BCUT2D eigenvalue weighted by Gasteiger charge is 2.32. The standard InChI is InChI=1S/C13H23N3O2/c1-3-11-8-12(16(2)15-11)9-18-13(10-14)4-6-17-7-5-13/h8H,3-7,9-10,14H2,1-2H3. The lowest BCUT2D eigenvalue weighted by molar-refractivity contribution is -0.113. The first-order chi connectivity index (χ1) is 8.69. The van der Waals surface area contributed by atoms with Gasteiger partial charge in [-0.3, -0.25) is 4.68 Å². The van der Waals surface area contributed by atoms with Crippen LogP contribution in [-0.4, -0.2) is 35.1 Å². The molecule has 0 bridgehead atoms. The van der Waals surface area contributed by atoms with Crippen LogP contribution in [0, 0.1) is 0 Å². The van der Waals surface area contributed by atoms with Crippen molar-refractivity contribution >= 4 is 0 Å². The summed E-state index contributed by atoms with van der Waals surface area (Å²) in [6.07, 6.45) is 2.70. The molecule has 1 fully saturated rings. The van der Waals surface area contributed by atoms with E-state index in [0.717, 1.165) is 43.9 Å². The molecule has 0 saturated carbocycles. The molecule has 1 aliphatic rings. The van der Waals surface area contributed by atoms with Gasteiger partial charge in [-0.2, -0.15) is 5.10 Å². The highest BCUT2D eigenvalue weighted by Crippen LogP contribution is 2.25. The Morgan fingerprint density at radius 2 is 2.22 bits per heavy atom. The van der Waals surface area contributed by atoms with E-state index in [-0.39, 0.29) is 5.60 Å². The van der Waals surface area contributed by atoms with Crippen LogP contribution in [0.5, 0.6) is 0 Å². The van der Waals surface area contributed by atoms with Crippen LogP contribution in [0.25, 0.3) is 0 Å². The second-order valence-electron chi connectivity index (χ2n) is 4.89. The number of rotatable bonds is 5. The van der Waals surface area contributed by atoms with Crippen molar-refractivity contribution in [1.29, 1.82) is 0 Å². The van der Waals surface area contributed by atoms with Crippen molar-refractivity contribution in [3.05, 3.63) is 17.5 Å². The van der Waals surface area contributed by atoms with E-state index in [9.17, 15) is 0 Å². The van der Waals surface area contributed by atoms with E-state index in [1.807, 2.05) is 11.7 Å². The van der Waals surface area contributed by atoms with E-state index in [2.05, 4.69) is 18.1 Å². The number of aromatic nitrogens is 2. The summed E-state index contributed by atoms with van der Waals surface area (Å²) in [5.74, 6) is 0. The number of aryl methyl sites for hydroxylation is 2. The quantitative estimate of drug-likeness (QED) is 0.850. The van der Waals surface area contributed by atoms with Crippen molar-refractivity contribution in [2.45, 2.75) is 38.4 Å². The number of ether oxygens (including phenoxy) is 2. The Labute approximate surface area is 108 Å². The molecule has 1 aliphatic heterocycles. The minimum Gasteiger partial charge on any atom is -0.381 e. The molecule has 1 saturated heterocycles. The van der Waals surface area contributed by atoms with Gasteiger partial charge in [0.2, 0.25) is 0 Å². The summed E-state index contributed by atoms with van der Waals surface area (Å²) in [6, 6.07) is 2.10. The molecular weight excluding hydrogens is 230 g/mol. The van der Waals surface area contributed by atoms with Gasteiger partial charge in [-0.25, -0.2) is 0 Å². The number of hydrogen-bond donors (Lipinski definition) is 1. The van der Waals surface area contributed by atoms with Crippen LogP contribution in [0.15, 0.2) is 6.07 Å². The molecule has 1 aromatic heterocycles. The van der Waals surface area contributed by atoms with E-state index in [4.69, 9.17) is 15.2 Å². The summed E-state index contributed by atoms with van der Waals surface area (Å²) < 4.78 is 13.3. The number of hydrogen-bond acceptors (Lipinski definition) is 4. The van der Waals surface area contributed by atoms with Crippen LogP contribution < -0.4 is 5.73 Å². The minimum atomic E-state index is -0.213. The van der Waals surface area contributed by atoms with Gasteiger partial charge < -0.3 is 15.2 Å². The number of nitrogens with two attached hydrogens (primary N) is 1. The molecule has 5 nitrogen and oxygen atoms in total. The van der Waals surface area contributed by atoms with Crippen LogP contribution in [0.4, 0.5) is 0 Å². The average Bonchev–Trinajstić information content (AvgIpc) is 2.78. The Balaban J connectivity index is 1.98. The largest absolute Gasteiger partial charge is 0.381 e. The fourth-order valence-electron chi connectivity index (χ4n) is 2.26. The van der Waals surface area contributed by atoms with Crippen molar-refractivity contribution in [2.24, 2.45) is 12.8 Å². The zero-order valence-corrected chi connectivity index (χ0v) is 11.3. The van der Waals surface area contributed by atoms with Crippen molar-refractivity contribution < 1.29 is 9.47 Å². The third kappa shape index (κ3) is 2.91. The minimum absolute atomic E-state index is 0.213. The van der Waals surface area contributed by atoms with E-state index < -0.39 is 0 Å². The monoisotopic (exact) mass is 253 g/mol. The van der Waals surface area contributed by atoms with Gasteiger partial charge in [0.15, 0.2) is 0 Å². The average molecular weight is 253 g/mol. The molecule has 2 heterocycles.